The molecule has 3 aromatic rings. The monoisotopic (exact) mass is 478 g/mol. The molecule has 1 heterocycles. The molecule has 0 aromatic heterocycles. The van der Waals surface area contributed by atoms with Crippen molar-refractivity contribution in [2.75, 3.05) is 0 Å². The van der Waals surface area contributed by atoms with E-state index in [1.54, 1.807) is 18.2 Å². The Morgan fingerprint density at radius 3 is 2.44 bits per heavy atom. The molecule has 0 aliphatic carbocycles. The number of hydrogen-bond donors (Lipinski definition) is 0. The fraction of sp³-hybridized carbons (Fsp3) is 0.0417. The molecule has 34 heavy (non-hydrogen) atoms. The highest BCUT2D eigenvalue weighted by Crippen LogP contribution is 2.33. The van der Waals surface area contributed by atoms with Gasteiger partial charge in [0.25, 0.3) is 16.8 Å². The SMILES string of the molecule is O=C(Oc1cccc(/C=C2\SC(=O)N(Cc3ccc(F)cc3)C2=O)c1)c1ccc([N+](=O)[O-])cc1. The fourth-order valence-electron chi connectivity index (χ4n) is 3.11. The van der Waals surface area contributed by atoms with Gasteiger partial charge in [0, 0.05) is 12.1 Å². The molecule has 0 spiro atoms. The summed E-state index contributed by atoms with van der Waals surface area (Å²) in [4.78, 5) is 48.8. The molecule has 170 valence electrons. The Labute approximate surface area is 196 Å². The van der Waals surface area contributed by atoms with Gasteiger partial charge in [-0.3, -0.25) is 24.6 Å². The van der Waals surface area contributed by atoms with Crippen molar-refractivity contribution in [2.24, 2.45) is 0 Å². The van der Waals surface area contributed by atoms with Gasteiger partial charge in [-0.2, -0.15) is 0 Å². The van der Waals surface area contributed by atoms with Gasteiger partial charge in [-0.05, 0) is 65.4 Å². The van der Waals surface area contributed by atoms with Gasteiger partial charge in [-0.15, -0.1) is 0 Å². The van der Waals surface area contributed by atoms with Gasteiger partial charge in [0.1, 0.15) is 11.6 Å². The number of nitro benzene ring substituents is 1. The Morgan fingerprint density at radius 1 is 1.06 bits per heavy atom. The van der Waals surface area contributed by atoms with E-state index in [1.165, 1.54) is 60.7 Å². The van der Waals surface area contributed by atoms with Crippen LogP contribution >= 0.6 is 11.8 Å². The molecule has 0 N–H and O–H groups in total. The van der Waals surface area contributed by atoms with Crippen molar-refractivity contribution in [1.29, 1.82) is 0 Å². The summed E-state index contributed by atoms with van der Waals surface area (Å²) in [6.45, 7) is 0.0230. The van der Waals surface area contributed by atoms with E-state index in [9.17, 15) is 28.9 Å². The van der Waals surface area contributed by atoms with Crippen molar-refractivity contribution in [1.82, 2.24) is 4.90 Å². The van der Waals surface area contributed by atoms with Crippen molar-refractivity contribution >= 4 is 40.6 Å². The Hall–Kier alpha value is -4.31. The molecule has 4 rings (SSSR count). The van der Waals surface area contributed by atoms with Crippen LogP contribution in [-0.4, -0.2) is 26.9 Å². The lowest BCUT2D eigenvalue weighted by Gasteiger charge is -2.12. The lowest BCUT2D eigenvalue weighted by atomic mass is 10.2. The van der Waals surface area contributed by atoms with Gasteiger partial charge in [0.2, 0.25) is 0 Å². The molecule has 0 saturated carbocycles. The first kappa shape index (κ1) is 22.9. The first-order chi connectivity index (χ1) is 16.3. The van der Waals surface area contributed by atoms with Crippen molar-refractivity contribution in [3.63, 3.8) is 0 Å². The minimum absolute atomic E-state index is 0.0230. The molecule has 1 fully saturated rings. The summed E-state index contributed by atoms with van der Waals surface area (Å²) < 4.78 is 18.4. The van der Waals surface area contributed by atoms with E-state index in [2.05, 4.69) is 0 Å². The molecule has 1 aliphatic heterocycles. The van der Waals surface area contributed by atoms with Crippen LogP contribution in [0, 0.1) is 15.9 Å². The van der Waals surface area contributed by atoms with Crippen LogP contribution in [0.3, 0.4) is 0 Å². The van der Waals surface area contributed by atoms with E-state index >= 15 is 0 Å². The number of non-ortho nitro benzene ring substituents is 1. The highest BCUT2D eigenvalue weighted by atomic mass is 32.2. The lowest BCUT2D eigenvalue weighted by Crippen LogP contribution is -2.27. The maximum absolute atomic E-state index is 13.1. The minimum atomic E-state index is -0.702. The van der Waals surface area contributed by atoms with Gasteiger partial charge in [-0.25, -0.2) is 9.18 Å². The Morgan fingerprint density at radius 2 is 1.76 bits per heavy atom. The number of ether oxygens (including phenoxy) is 1. The van der Waals surface area contributed by atoms with E-state index < -0.39 is 27.9 Å². The largest absolute Gasteiger partial charge is 0.423 e. The normalized spacial score (nSPS) is 14.5. The molecule has 1 aliphatic rings. The highest BCUT2D eigenvalue weighted by molar-refractivity contribution is 8.18. The van der Waals surface area contributed by atoms with Gasteiger partial charge in [-0.1, -0.05) is 24.3 Å². The molecule has 3 aromatic carbocycles. The third kappa shape index (κ3) is 5.18. The number of rotatable bonds is 6. The van der Waals surface area contributed by atoms with Crippen LogP contribution in [0.1, 0.15) is 21.5 Å². The van der Waals surface area contributed by atoms with Crippen LogP contribution < -0.4 is 4.74 Å². The molecule has 10 heteroatoms. The summed E-state index contributed by atoms with van der Waals surface area (Å²) in [5, 5.41) is 10.3. The van der Waals surface area contributed by atoms with Crippen LogP contribution in [0.15, 0.2) is 77.7 Å². The second kappa shape index (κ2) is 9.67. The minimum Gasteiger partial charge on any atom is -0.423 e. The van der Waals surface area contributed by atoms with Gasteiger partial charge in [0.05, 0.1) is 21.9 Å². The van der Waals surface area contributed by atoms with Gasteiger partial charge >= 0.3 is 5.97 Å². The van der Waals surface area contributed by atoms with Crippen molar-refractivity contribution in [3.8, 4) is 5.75 Å². The molecule has 1 saturated heterocycles. The van der Waals surface area contributed by atoms with Crippen LogP contribution in [-0.2, 0) is 11.3 Å². The molecule has 0 atom stereocenters. The topological polar surface area (TPSA) is 107 Å². The molecule has 2 amide bonds. The quantitative estimate of drug-likeness (QED) is 0.158. The number of thioether (sulfide) groups is 1. The van der Waals surface area contributed by atoms with Crippen LogP contribution in [0.2, 0.25) is 0 Å². The molecule has 0 unspecified atom stereocenters. The standard InChI is InChI=1S/C24H15FN2O6S/c25-18-8-4-15(5-9-18)14-26-22(28)21(34-24(26)30)13-16-2-1-3-20(12-16)33-23(29)17-6-10-19(11-7-17)27(31)32/h1-13H,14H2/b21-13-. The second-order valence-corrected chi connectivity index (χ2v) is 8.15. The number of carbonyl (C=O) groups excluding carboxylic acids is 3. The predicted molar refractivity (Wildman–Crippen MR) is 122 cm³/mol. The molecule has 8 nitrogen and oxygen atoms in total. The third-order valence-electron chi connectivity index (χ3n) is 4.81. The summed E-state index contributed by atoms with van der Waals surface area (Å²) in [5.41, 5.74) is 1.14. The Kier molecular flexibility index (Phi) is 6.51. The number of esters is 1. The van der Waals surface area contributed by atoms with Crippen LogP contribution in [0.5, 0.6) is 5.75 Å². The molecular formula is C24H15FN2O6S. The number of amides is 2. The molecular weight excluding hydrogens is 463 g/mol. The summed E-state index contributed by atoms with van der Waals surface area (Å²) >= 11 is 0.781. The highest BCUT2D eigenvalue weighted by Gasteiger charge is 2.35. The number of hydrogen-bond acceptors (Lipinski definition) is 7. The molecule has 0 bridgehead atoms. The number of halogens is 1. The predicted octanol–water partition coefficient (Wildman–Crippen LogP) is 5.19. The zero-order valence-electron chi connectivity index (χ0n) is 17.3. The zero-order chi connectivity index (χ0) is 24.2. The fourth-order valence-corrected chi connectivity index (χ4v) is 3.95. The summed E-state index contributed by atoms with van der Waals surface area (Å²) in [7, 11) is 0. The number of imide groups is 1. The van der Waals surface area contributed by atoms with E-state index in [0.29, 0.717) is 11.1 Å². The maximum atomic E-state index is 13.1. The summed E-state index contributed by atoms with van der Waals surface area (Å²) in [5.74, 6) is -1.39. The first-order valence-corrected chi connectivity index (χ1v) is 10.7. The summed E-state index contributed by atoms with van der Waals surface area (Å²) in [6, 6.07) is 16.9. The van der Waals surface area contributed by atoms with Gasteiger partial charge in [0.15, 0.2) is 0 Å². The first-order valence-electron chi connectivity index (χ1n) is 9.87. The van der Waals surface area contributed by atoms with Crippen molar-refractivity contribution in [3.05, 3.63) is 110 Å². The third-order valence-corrected chi connectivity index (χ3v) is 5.72. The Balaban J connectivity index is 1.46. The molecule has 0 radical (unpaired) electrons. The number of nitrogens with zero attached hydrogens (tertiary/aromatic N) is 2. The Bertz CT molecular complexity index is 1320. The number of nitro groups is 1. The van der Waals surface area contributed by atoms with E-state index in [0.717, 1.165) is 16.7 Å². The van der Waals surface area contributed by atoms with Crippen molar-refractivity contribution < 1.29 is 28.4 Å². The van der Waals surface area contributed by atoms with E-state index in [4.69, 9.17) is 4.74 Å². The zero-order valence-corrected chi connectivity index (χ0v) is 18.2. The lowest BCUT2D eigenvalue weighted by molar-refractivity contribution is -0.384. The second-order valence-electron chi connectivity index (χ2n) is 7.16. The maximum Gasteiger partial charge on any atom is 0.343 e. The number of carbonyl (C=O) groups is 3. The van der Waals surface area contributed by atoms with Crippen LogP contribution in [0.25, 0.3) is 6.08 Å². The smallest absolute Gasteiger partial charge is 0.343 e. The van der Waals surface area contributed by atoms with Gasteiger partial charge < -0.3 is 4.74 Å². The average Bonchev–Trinajstić information content (AvgIpc) is 3.08. The summed E-state index contributed by atoms with van der Waals surface area (Å²) in [6.07, 6.45) is 1.51. The number of benzene rings is 3. The van der Waals surface area contributed by atoms with E-state index in [1.807, 2.05) is 0 Å². The average molecular weight is 478 g/mol. The van der Waals surface area contributed by atoms with Crippen LogP contribution in [0.4, 0.5) is 14.9 Å². The van der Waals surface area contributed by atoms with Crippen molar-refractivity contribution in [2.45, 2.75) is 6.54 Å². The van der Waals surface area contributed by atoms with E-state index in [-0.39, 0.29) is 28.5 Å².